The van der Waals surface area contributed by atoms with Gasteiger partial charge in [0.15, 0.2) is 0 Å². The minimum atomic E-state index is 0.0546. The van der Waals surface area contributed by atoms with Crippen LogP contribution in [0.4, 0.5) is 0 Å². The first-order valence-electron chi connectivity index (χ1n) is 5.55. The molecule has 0 bridgehead atoms. The third-order valence-corrected chi connectivity index (χ3v) is 3.29. The highest BCUT2D eigenvalue weighted by molar-refractivity contribution is 6.30. The molecule has 0 saturated carbocycles. The topological polar surface area (TPSA) is 26.3 Å². The number of Topliss-reactive ketones (excluding diaryl/α,β-unsaturated/α-hetero) is 1. The van der Waals surface area contributed by atoms with E-state index in [0.29, 0.717) is 18.1 Å². The Labute approximate surface area is 101 Å². The maximum atomic E-state index is 12.0. The predicted molar refractivity (Wildman–Crippen MR) is 63.7 cm³/mol. The van der Waals surface area contributed by atoms with Crippen molar-refractivity contribution in [2.24, 2.45) is 5.92 Å². The lowest BCUT2D eigenvalue weighted by molar-refractivity contribution is -0.123. The maximum Gasteiger partial charge on any atom is 0.142 e. The van der Waals surface area contributed by atoms with Gasteiger partial charge >= 0.3 is 0 Å². The smallest absolute Gasteiger partial charge is 0.142 e. The maximum absolute atomic E-state index is 12.0. The summed E-state index contributed by atoms with van der Waals surface area (Å²) in [5.74, 6) is 0.311. The van der Waals surface area contributed by atoms with Gasteiger partial charge in [0.1, 0.15) is 5.78 Å². The minimum Gasteiger partial charge on any atom is -0.378 e. The fraction of sp³-hybridized carbons (Fsp3) is 0.462. The highest BCUT2D eigenvalue weighted by atomic mass is 35.5. The molecule has 86 valence electrons. The molecule has 1 fully saturated rings. The fourth-order valence-electron chi connectivity index (χ4n) is 2.13. The number of hydrogen-bond donors (Lipinski definition) is 0. The third kappa shape index (κ3) is 2.63. The zero-order chi connectivity index (χ0) is 11.5. The lowest BCUT2D eigenvalue weighted by Gasteiger charge is -2.12. The van der Waals surface area contributed by atoms with E-state index in [1.54, 1.807) is 0 Å². The molecule has 0 radical (unpaired) electrons. The molecule has 16 heavy (non-hydrogen) atoms. The van der Waals surface area contributed by atoms with E-state index < -0.39 is 0 Å². The van der Waals surface area contributed by atoms with E-state index in [0.717, 1.165) is 12.0 Å². The van der Waals surface area contributed by atoms with Gasteiger partial charge in [0.2, 0.25) is 0 Å². The molecular weight excluding hydrogens is 224 g/mol. The largest absolute Gasteiger partial charge is 0.378 e. The lowest BCUT2D eigenvalue weighted by atomic mass is 9.93. The molecule has 1 aliphatic rings. The van der Waals surface area contributed by atoms with Gasteiger partial charge in [0.25, 0.3) is 0 Å². The molecule has 0 N–H and O–H groups in total. The second-order valence-electron chi connectivity index (χ2n) is 4.24. The van der Waals surface area contributed by atoms with Crippen molar-refractivity contribution in [3.8, 4) is 0 Å². The number of rotatable bonds is 3. The highest BCUT2D eigenvalue weighted by Gasteiger charge is 2.30. The molecule has 1 aliphatic heterocycles. The summed E-state index contributed by atoms with van der Waals surface area (Å²) in [5, 5.41) is 0.682. The SMILES string of the molecule is CC1OCCC1C(=O)Cc1cccc(Cl)c1. The van der Waals surface area contributed by atoms with Gasteiger partial charge in [0, 0.05) is 24.0 Å². The fourth-order valence-corrected chi connectivity index (χ4v) is 2.35. The van der Waals surface area contributed by atoms with Crippen molar-refractivity contribution in [1.29, 1.82) is 0 Å². The van der Waals surface area contributed by atoms with Crippen LogP contribution in [-0.2, 0) is 16.0 Å². The summed E-state index contributed by atoms with van der Waals surface area (Å²) < 4.78 is 5.40. The molecule has 2 rings (SSSR count). The third-order valence-electron chi connectivity index (χ3n) is 3.06. The summed E-state index contributed by atoms with van der Waals surface area (Å²) in [6.45, 7) is 2.67. The lowest BCUT2D eigenvalue weighted by Crippen LogP contribution is -2.23. The van der Waals surface area contributed by atoms with Crippen LogP contribution in [0.1, 0.15) is 18.9 Å². The van der Waals surface area contributed by atoms with Gasteiger partial charge in [-0.3, -0.25) is 4.79 Å². The number of carbonyl (C=O) groups is 1. The molecule has 1 heterocycles. The van der Waals surface area contributed by atoms with E-state index in [9.17, 15) is 4.79 Å². The Kier molecular flexibility index (Phi) is 3.62. The van der Waals surface area contributed by atoms with Crippen LogP contribution in [0.5, 0.6) is 0 Å². The van der Waals surface area contributed by atoms with Crippen LogP contribution in [0.25, 0.3) is 0 Å². The van der Waals surface area contributed by atoms with E-state index in [4.69, 9.17) is 16.3 Å². The quantitative estimate of drug-likeness (QED) is 0.810. The number of ether oxygens (including phenoxy) is 1. The van der Waals surface area contributed by atoms with Gasteiger partial charge < -0.3 is 4.74 Å². The number of halogens is 1. The van der Waals surface area contributed by atoms with E-state index in [1.165, 1.54) is 0 Å². The van der Waals surface area contributed by atoms with Crippen molar-refractivity contribution < 1.29 is 9.53 Å². The molecular formula is C13H15ClO2. The molecule has 0 spiro atoms. The first-order valence-corrected chi connectivity index (χ1v) is 5.93. The second-order valence-corrected chi connectivity index (χ2v) is 4.68. The second kappa shape index (κ2) is 4.98. The average molecular weight is 239 g/mol. The Balaban J connectivity index is 2.02. The zero-order valence-corrected chi connectivity index (χ0v) is 10.0. The van der Waals surface area contributed by atoms with Gasteiger partial charge in [-0.15, -0.1) is 0 Å². The Bertz CT molecular complexity index is 389. The van der Waals surface area contributed by atoms with Gasteiger partial charge in [-0.05, 0) is 31.0 Å². The minimum absolute atomic E-state index is 0.0546. The van der Waals surface area contributed by atoms with Crippen LogP contribution in [0.2, 0.25) is 5.02 Å². The van der Waals surface area contributed by atoms with Crippen LogP contribution in [0, 0.1) is 5.92 Å². The molecule has 2 unspecified atom stereocenters. The molecule has 1 saturated heterocycles. The number of ketones is 1. The Morgan fingerprint density at radius 1 is 1.56 bits per heavy atom. The van der Waals surface area contributed by atoms with Crippen LogP contribution < -0.4 is 0 Å². The van der Waals surface area contributed by atoms with Crippen LogP contribution in [0.15, 0.2) is 24.3 Å². The van der Waals surface area contributed by atoms with Gasteiger partial charge in [0.05, 0.1) is 6.10 Å². The molecule has 3 heteroatoms. The molecule has 2 atom stereocenters. The normalized spacial score (nSPS) is 24.6. The molecule has 0 aromatic heterocycles. The molecule has 1 aromatic carbocycles. The Morgan fingerprint density at radius 3 is 3.00 bits per heavy atom. The molecule has 2 nitrogen and oxygen atoms in total. The van der Waals surface area contributed by atoms with Gasteiger partial charge in [-0.1, -0.05) is 23.7 Å². The first kappa shape index (κ1) is 11.6. The van der Waals surface area contributed by atoms with Gasteiger partial charge in [-0.25, -0.2) is 0 Å². The van der Waals surface area contributed by atoms with E-state index >= 15 is 0 Å². The average Bonchev–Trinajstić information content (AvgIpc) is 2.64. The van der Waals surface area contributed by atoms with Gasteiger partial charge in [-0.2, -0.15) is 0 Å². The zero-order valence-electron chi connectivity index (χ0n) is 9.28. The van der Waals surface area contributed by atoms with Crippen molar-refractivity contribution in [1.82, 2.24) is 0 Å². The molecule has 0 amide bonds. The number of hydrogen-bond acceptors (Lipinski definition) is 2. The number of benzene rings is 1. The van der Waals surface area contributed by atoms with Crippen molar-refractivity contribution >= 4 is 17.4 Å². The summed E-state index contributed by atoms with van der Waals surface area (Å²) in [6, 6.07) is 7.47. The van der Waals surface area contributed by atoms with Crippen molar-refractivity contribution in [2.75, 3.05) is 6.61 Å². The van der Waals surface area contributed by atoms with Crippen LogP contribution >= 0.6 is 11.6 Å². The summed E-state index contributed by atoms with van der Waals surface area (Å²) in [4.78, 5) is 12.0. The highest BCUT2D eigenvalue weighted by Crippen LogP contribution is 2.23. The van der Waals surface area contributed by atoms with E-state index in [-0.39, 0.29) is 17.8 Å². The van der Waals surface area contributed by atoms with Crippen LogP contribution in [-0.4, -0.2) is 18.5 Å². The van der Waals surface area contributed by atoms with E-state index in [1.807, 2.05) is 31.2 Å². The van der Waals surface area contributed by atoms with Crippen molar-refractivity contribution in [3.05, 3.63) is 34.9 Å². The first-order chi connectivity index (χ1) is 7.66. The monoisotopic (exact) mass is 238 g/mol. The van der Waals surface area contributed by atoms with Crippen molar-refractivity contribution in [3.63, 3.8) is 0 Å². The van der Waals surface area contributed by atoms with Crippen LogP contribution in [0.3, 0.4) is 0 Å². The summed E-state index contributed by atoms with van der Waals surface area (Å²) in [6.07, 6.45) is 1.37. The standard InChI is InChI=1S/C13H15ClO2/c1-9-12(5-6-16-9)13(15)8-10-3-2-4-11(14)7-10/h2-4,7,9,12H,5-6,8H2,1H3. The molecule has 0 aliphatic carbocycles. The van der Waals surface area contributed by atoms with E-state index in [2.05, 4.69) is 0 Å². The number of carbonyl (C=O) groups excluding carboxylic acids is 1. The van der Waals surface area contributed by atoms with Crippen molar-refractivity contribution in [2.45, 2.75) is 25.9 Å². The summed E-state index contributed by atoms with van der Waals surface area (Å²) in [5.41, 5.74) is 0.983. The summed E-state index contributed by atoms with van der Waals surface area (Å²) in [7, 11) is 0. The Hall–Kier alpha value is -0.860. The molecule has 1 aromatic rings. The Morgan fingerprint density at radius 2 is 2.38 bits per heavy atom. The predicted octanol–water partition coefficient (Wildman–Crippen LogP) is 2.88. The summed E-state index contributed by atoms with van der Waals surface area (Å²) >= 11 is 5.88.